The van der Waals surface area contributed by atoms with Crippen molar-refractivity contribution >= 4 is 17.5 Å². The zero-order valence-corrected chi connectivity index (χ0v) is 13.8. The minimum absolute atomic E-state index is 0.000231. The summed E-state index contributed by atoms with van der Waals surface area (Å²) in [5.74, 6) is 1.59. The number of likely N-dealkylation sites (tertiary alicyclic amines) is 1. The van der Waals surface area contributed by atoms with E-state index in [0.717, 1.165) is 25.9 Å². The quantitative estimate of drug-likeness (QED) is 0.931. The van der Waals surface area contributed by atoms with Gasteiger partial charge in [0.25, 0.3) is 5.91 Å². The summed E-state index contributed by atoms with van der Waals surface area (Å²) < 4.78 is 5.77. The fourth-order valence-electron chi connectivity index (χ4n) is 3.67. The first kappa shape index (κ1) is 15.6. The molecular formula is C17H23ClN2O2. The lowest BCUT2D eigenvalue weighted by Gasteiger charge is -2.21. The van der Waals surface area contributed by atoms with E-state index in [4.69, 9.17) is 22.1 Å². The van der Waals surface area contributed by atoms with Crippen LogP contribution in [0.5, 0.6) is 5.75 Å². The summed E-state index contributed by atoms with van der Waals surface area (Å²) in [6.45, 7) is 5.44. The van der Waals surface area contributed by atoms with Gasteiger partial charge in [0.2, 0.25) is 0 Å². The molecule has 0 spiro atoms. The van der Waals surface area contributed by atoms with Gasteiger partial charge in [-0.2, -0.15) is 0 Å². The molecule has 1 aliphatic heterocycles. The van der Waals surface area contributed by atoms with Crippen molar-refractivity contribution in [3.05, 3.63) is 28.8 Å². The molecule has 120 valence electrons. The molecule has 0 radical (unpaired) electrons. The number of nitrogens with two attached hydrogens (primary N) is 1. The molecule has 1 amide bonds. The van der Waals surface area contributed by atoms with Crippen molar-refractivity contribution in [3.63, 3.8) is 0 Å². The summed E-state index contributed by atoms with van der Waals surface area (Å²) in [7, 11) is 0. The van der Waals surface area contributed by atoms with Crippen molar-refractivity contribution in [3.8, 4) is 5.75 Å². The number of hydrogen-bond donors (Lipinski definition) is 1. The first-order chi connectivity index (χ1) is 10.5. The summed E-state index contributed by atoms with van der Waals surface area (Å²) in [6.07, 6.45) is 2.22. The summed E-state index contributed by atoms with van der Waals surface area (Å²) in [6, 6.07) is 5.46. The van der Waals surface area contributed by atoms with Crippen LogP contribution in [0, 0.1) is 11.8 Å². The molecule has 1 aromatic carbocycles. The highest BCUT2D eigenvalue weighted by Crippen LogP contribution is 2.38. The molecule has 2 fully saturated rings. The predicted octanol–water partition coefficient (Wildman–Crippen LogP) is 2.94. The Kier molecular flexibility index (Phi) is 4.33. The van der Waals surface area contributed by atoms with Gasteiger partial charge in [0.1, 0.15) is 5.75 Å². The fourth-order valence-corrected chi connectivity index (χ4v) is 3.84. The molecule has 1 aliphatic carbocycles. The molecule has 3 atom stereocenters. The summed E-state index contributed by atoms with van der Waals surface area (Å²) >= 11 is 6.08. The van der Waals surface area contributed by atoms with E-state index in [9.17, 15) is 4.79 Å². The average molecular weight is 323 g/mol. The molecule has 0 bridgehead atoms. The molecule has 22 heavy (non-hydrogen) atoms. The van der Waals surface area contributed by atoms with Crippen molar-refractivity contribution in [2.75, 3.05) is 13.1 Å². The van der Waals surface area contributed by atoms with Gasteiger partial charge in [0.15, 0.2) is 0 Å². The van der Waals surface area contributed by atoms with Crippen LogP contribution in [-0.2, 0) is 0 Å². The van der Waals surface area contributed by atoms with Crippen LogP contribution in [0.25, 0.3) is 0 Å². The predicted molar refractivity (Wildman–Crippen MR) is 87.3 cm³/mol. The number of fused-ring (bicyclic) bond motifs is 1. The number of hydrogen-bond acceptors (Lipinski definition) is 3. The normalized spacial score (nSPS) is 27.3. The molecule has 2 N–H and O–H groups in total. The van der Waals surface area contributed by atoms with E-state index in [1.807, 2.05) is 18.7 Å². The molecular weight excluding hydrogens is 300 g/mol. The van der Waals surface area contributed by atoms with E-state index in [0.29, 0.717) is 28.2 Å². The Balaban J connectivity index is 1.82. The second kappa shape index (κ2) is 6.09. The van der Waals surface area contributed by atoms with Crippen LogP contribution in [0.3, 0.4) is 0 Å². The average Bonchev–Trinajstić information content (AvgIpc) is 3.02. The van der Waals surface area contributed by atoms with Gasteiger partial charge < -0.3 is 15.4 Å². The van der Waals surface area contributed by atoms with Crippen molar-refractivity contribution in [2.24, 2.45) is 17.6 Å². The van der Waals surface area contributed by atoms with Gasteiger partial charge in [0, 0.05) is 24.2 Å². The molecule has 1 aromatic rings. The monoisotopic (exact) mass is 322 g/mol. The minimum Gasteiger partial charge on any atom is -0.490 e. The lowest BCUT2D eigenvalue weighted by atomic mass is 9.98. The van der Waals surface area contributed by atoms with Crippen LogP contribution in [0.15, 0.2) is 18.2 Å². The number of ether oxygens (including phenoxy) is 1. The third-order valence-electron chi connectivity index (χ3n) is 4.73. The molecule has 2 aliphatic rings. The molecule has 1 heterocycles. The second-order valence-corrected chi connectivity index (χ2v) is 7.12. The highest BCUT2D eigenvalue weighted by molar-refractivity contribution is 6.31. The lowest BCUT2D eigenvalue weighted by molar-refractivity contribution is 0.0773. The van der Waals surface area contributed by atoms with E-state index in [-0.39, 0.29) is 18.1 Å². The van der Waals surface area contributed by atoms with Crippen LogP contribution < -0.4 is 10.5 Å². The Labute approximate surface area is 136 Å². The highest BCUT2D eigenvalue weighted by Gasteiger charge is 2.42. The SMILES string of the molecule is CC(C)Oc1ccc(Cl)cc1C(=O)N1CC2CCC(N)C2C1. The number of amides is 1. The summed E-state index contributed by atoms with van der Waals surface area (Å²) in [5, 5.41) is 0.551. The number of rotatable bonds is 3. The van der Waals surface area contributed by atoms with Crippen LogP contribution in [0.1, 0.15) is 37.0 Å². The third-order valence-corrected chi connectivity index (χ3v) is 4.97. The van der Waals surface area contributed by atoms with Crippen molar-refractivity contribution in [1.82, 2.24) is 4.90 Å². The van der Waals surface area contributed by atoms with Gasteiger partial charge in [-0.15, -0.1) is 0 Å². The van der Waals surface area contributed by atoms with Crippen molar-refractivity contribution < 1.29 is 9.53 Å². The fraction of sp³-hybridized carbons (Fsp3) is 0.588. The zero-order valence-electron chi connectivity index (χ0n) is 13.1. The smallest absolute Gasteiger partial charge is 0.257 e. The number of nitrogens with zero attached hydrogens (tertiary/aromatic N) is 1. The number of carbonyl (C=O) groups excluding carboxylic acids is 1. The van der Waals surface area contributed by atoms with E-state index in [1.165, 1.54) is 0 Å². The molecule has 1 saturated carbocycles. The van der Waals surface area contributed by atoms with Crippen LogP contribution in [-0.4, -0.2) is 36.0 Å². The van der Waals surface area contributed by atoms with E-state index in [2.05, 4.69) is 0 Å². The molecule has 3 unspecified atom stereocenters. The molecule has 5 heteroatoms. The zero-order chi connectivity index (χ0) is 15.9. The molecule has 4 nitrogen and oxygen atoms in total. The maximum atomic E-state index is 12.9. The lowest BCUT2D eigenvalue weighted by Crippen LogP contribution is -2.33. The number of halogens is 1. The first-order valence-electron chi connectivity index (χ1n) is 7.96. The Bertz CT molecular complexity index is 576. The van der Waals surface area contributed by atoms with Gasteiger partial charge >= 0.3 is 0 Å². The van der Waals surface area contributed by atoms with E-state index < -0.39 is 0 Å². The first-order valence-corrected chi connectivity index (χ1v) is 8.34. The standard InChI is InChI=1S/C17H23ClN2O2/c1-10(2)22-16-6-4-12(18)7-13(16)17(21)20-8-11-3-5-15(19)14(11)9-20/h4,6-7,10-11,14-15H,3,5,8-9,19H2,1-2H3. The van der Waals surface area contributed by atoms with Gasteiger partial charge in [-0.3, -0.25) is 4.79 Å². The maximum Gasteiger partial charge on any atom is 0.257 e. The summed E-state index contributed by atoms with van der Waals surface area (Å²) in [4.78, 5) is 14.8. The number of carbonyl (C=O) groups is 1. The highest BCUT2D eigenvalue weighted by atomic mass is 35.5. The Hall–Kier alpha value is -1.26. The van der Waals surface area contributed by atoms with E-state index in [1.54, 1.807) is 18.2 Å². The van der Waals surface area contributed by atoms with Crippen LogP contribution >= 0.6 is 11.6 Å². The van der Waals surface area contributed by atoms with Crippen LogP contribution in [0.2, 0.25) is 5.02 Å². The van der Waals surface area contributed by atoms with Crippen LogP contribution in [0.4, 0.5) is 0 Å². The van der Waals surface area contributed by atoms with Crippen molar-refractivity contribution in [2.45, 2.75) is 38.8 Å². The minimum atomic E-state index is -0.000231. The summed E-state index contributed by atoms with van der Waals surface area (Å²) in [5.41, 5.74) is 6.71. The van der Waals surface area contributed by atoms with Gasteiger partial charge in [0.05, 0.1) is 11.7 Å². The van der Waals surface area contributed by atoms with E-state index >= 15 is 0 Å². The maximum absolute atomic E-state index is 12.9. The van der Waals surface area contributed by atoms with Crippen molar-refractivity contribution in [1.29, 1.82) is 0 Å². The number of benzene rings is 1. The molecule has 3 rings (SSSR count). The Morgan fingerprint density at radius 1 is 1.36 bits per heavy atom. The van der Waals surface area contributed by atoms with Gasteiger partial charge in [-0.1, -0.05) is 11.6 Å². The second-order valence-electron chi connectivity index (χ2n) is 6.68. The third kappa shape index (κ3) is 2.95. The Morgan fingerprint density at radius 2 is 2.14 bits per heavy atom. The largest absolute Gasteiger partial charge is 0.490 e. The molecule has 0 aromatic heterocycles. The Morgan fingerprint density at radius 3 is 2.82 bits per heavy atom. The molecule has 1 saturated heterocycles. The van der Waals surface area contributed by atoms with Gasteiger partial charge in [-0.25, -0.2) is 0 Å². The topological polar surface area (TPSA) is 55.6 Å². The van der Waals surface area contributed by atoms with Gasteiger partial charge in [-0.05, 0) is 56.7 Å².